The van der Waals surface area contributed by atoms with Crippen LogP contribution in [-0.4, -0.2) is 11.5 Å². The number of rotatable bonds is 21. The predicted octanol–water partition coefficient (Wildman–Crippen LogP) is 8.25. The van der Waals surface area contributed by atoms with Crippen molar-refractivity contribution >= 4 is 8.25 Å². The summed E-state index contributed by atoms with van der Waals surface area (Å²) in [4.78, 5) is 8.49. The molecule has 0 saturated heterocycles. The Labute approximate surface area is 163 Å². The van der Waals surface area contributed by atoms with Crippen LogP contribution in [0.2, 0.25) is 0 Å². The molecule has 0 rings (SSSR count). The molecule has 0 radical (unpaired) electrons. The lowest BCUT2D eigenvalue weighted by molar-refractivity contribution is 0.273. The van der Waals surface area contributed by atoms with Crippen molar-refractivity contribution in [3.8, 4) is 0 Å². The molecule has 0 aromatic heterocycles. The standard InChI is InChI=1S/C22H43O3P/c1-2-3-4-5-6-7-8-9-10-11-12-13-14-15-16-17-18-19-20-21-22-25-26(23)24/h9-10H,2-8,11-22H2,1H3/p+1/b10-9-. The molecule has 0 amide bonds. The molecule has 154 valence electrons. The van der Waals surface area contributed by atoms with Crippen LogP contribution in [0.3, 0.4) is 0 Å². The second kappa shape index (κ2) is 22.8. The first-order valence-electron chi connectivity index (χ1n) is 11.2. The van der Waals surface area contributed by atoms with Crippen LogP contribution >= 0.6 is 8.25 Å². The zero-order chi connectivity index (χ0) is 19.1. The van der Waals surface area contributed by atoms with E-state index >= 15 is 0 Å². The molecule has 0 aliphatic carbocycles. The normalized spacial score (nSPS) is 12.2. The van der Waals surface area contributed by atoms with Crippen molar-refractivity contribution < 1.29 is 14.0 Å². The van der Waals surface area contributed by atoms with Crippen molar-refractivity contribution in [1.29, 1.82) is 0 Å². The first kappa shape index (κ1) is 25.8. The average molecular weight is 388 g/mol. The van der Waals surface area contributed by atoms with E-state index in [1.165, 1.54) is 103 Å². The Morgan fingerprint density at radius 1 is 0.654 bits per heavy atom. The fraction of sp³-hybridized carbons (Fsp3) is 0.909. The fourth-order valence-electron chi connectivity index (χ4n) is 3.20. The third-order valence-electron chi connectivity index (χ3n) is 4.86. The fourth-order valence-corrected chi connectivity index (χ4v) is 3.48. The van der Waals surface area contributed by atoms with Crippen LogP contribution in [-0.2, 0) is 9.09 Å². The van der Waals surface area contributed by atoms with Gasteiger partial charge in [-0.1, -0.05) is 103 Å². The van der Waals surface area contributed by atoms with Crippen LogP contribution in [0.4, 0.5) is 0 Å². The number of hydrogen-bond acceptors (Lipinski definition) is 2. The second-order valence-electron chi connectivity index (χ2n) is 7.42. The lowest BCUT2D eigenvalue weighted by Gasteiger charge is -2.01. The van der Waals surface area contributed by atoms with E-state index in [9.17, 15) is 4.57 Å². The molecule has 0 aromatic carbocycles. The van der Waals surface area contributed by atoms with E-state index in [-0.39, 0.29) is 0 Å². The van der Waals surface area contributed by atoms with Crippen LogP contribution in [0.25, 0.3) is 0 Å². The van der Waals surface area contributed by atoms with Crippen molar-refractivity contribution in [2.45, 2.75) is 122 Å². The summed E-state index contributed by atoms with van der Waals surface area (Å²) < 4.78 is 15.0. The minimum absolute atomic E-state index is 0.416. The Morgan fingerprint density at radius 2 is 1.04 bits per heavy atom. The minimum atomic E-state index is -2.40. The van der Waals surface area contributed by atoms with Crippen LogP contribution in [0, 0.1) is 0 Å². The molecule has 0 fully saturated rings. The quantitative estimate of drug-likeness (QED) is 0.122. The second-order valence-corrected chi connectivity index (χ2v) is 8.16. The smallest absolute Gasteiger partial charge is 0.133 e. The van der Waals surface area contributed by atoms with Gasteiger partial charge in [-0.15, -0.1) is 9.42 Å². The van der Waals surface area contributed by atoms with Crippen LogP contribution in [0.1, 0.15) is 122 Å². The summed E-state index contributed by atoms with van der Waals surface area (Å²) in [5, 5.41) is 0. The lowest BCUT2D eigenvalue weighted by atomic mass is 10.1. The molecule has 0 bridgehead atoms. The molecule has 3 nitrogen and oxygen atoms in total. The summed E-state index contributed by atoms with van der Waals surface area (Å²) in [6.07, 6.45) is 28.3. The maximum Gasteiger partial charge on any atom is 0.694 e. The highest BCUT2D eigenvalue weighted by Crippen LogP contribution is 2.16. The molecule has 0 aliphatic heterocycles. The summed E-state index contributed by atoms with van der Waals surface area (Å²) >= 11 is 0. The first-order valence-corrected chi connectivity index (χ1v) is 12.3. The van der Waals surface area contributed by atoms with Gasteiger partial charge in [0.2, 0.25) is 0 Å². The van der Waals surface area contributed by atoms with Crippen LogP contribution in [0.5, 0.6) is 0 Å². The molecule has 1 N–H and O–H groups in total. The maximum absolute atomic E-state index is 10.3. The van der Waals surface area contributed by atoms with Crippen molar-refractivity contribution in [2.75, 3.05) is 6.61 Å². The highest BCUT2D eigenvalue weighted by atomic mass is 31.1. The molecule has 0 heterocycles. The van der Waals surface area contributed by atoms with Crippen molar-refractivity contribution in [2.24, 2.45) is 0 Å². The van der Waals surface area contributed by atoms with E-state index in [0.29, 0.717) is 6.61 Å². The zero-order valence-electron chi connectivity index (χ0n) is 17.3. The van der Waals surface area contributed by atoms with Gasteiger partial charge in [0.15, 0.2) is 0 Å². The predicted molar refractivity (Wildman–Crippen MR) is 114 cm³/mol. The van der Waals surface area contributed by atoms with E-state index in [0.717, 1.165) is 12.8 Å². The number of unbranched alkanes of at least 4 members (excludes halogenated alkanes) is 16. The van der Waals surface area contributed by atoms with Crippen LogP contribution in [0.15, 0.2) is 12.2 Å². The van der Waals surface area contributed by atoms with E-state index < -0.39 is 8.25 Å². The van der Waals surface area contributed by atoms with Crippen LogP contribution < -0.4 is 0 Å². The molecule has 0 saturated carbocycles. The third-order valence-corrected chi connectivity index (χ3v) is 5.26. The molecule has 0 spiro atoms. The summed E-state index contributed by atoms with van der Waals surface area (Å²) in [7, 11) is -2.40. The van der Waals surface area contributed by atoms with E-state index in [1.807, 2.05) is 0 Å². The van der Waals surface area contributed by atoms with E-state index in [4.69, 9.17) is 4.89 Å². The van der Waals surface area contributed by atoms with Crippen molar-refractivity contribution in [3.63, 3.8) is 0 Å². The summed E-state index contributed by atoms with van der Waals surface area (Å²) in [6.45, 7) is 2.69. The summed E-state index contributed by atoms with van der Waals surface area (Å²) in [5.74, 6) is 0. The molecular weight excluding hydrogens is 343 g/mol. The Hall–Kier alpha value is -0.240. The molecule has 1 unspecified atom stereocenters. The lowest BCUT2D eigenvalue weighted by Crippen LogP contribution is -1.87. The SMILES string of the molecule is CCCCCCCC/C=C\CCCCCCCCCCCCO[P+](=O)O. The minimum Gasteiger partial charge on any atom is -0.133 e. The maximum atomic E-state index is 10.3. The summed E-state index contributed by atoms with van der Waals surface area (Å²) in [6, 6.07) is 0. The van der Waals surface area contributed by atoms with Gasteiger partial charge in [0.05, 0.1) is 0 Å². The van der Waals surface area contributed by atoms with E-state index in [1.54, 1.807) is 0 Å². The Bertz CT molecular complexity index is 319. The Kier molecular flexibility index (Phi) is 22.6. The van der Waals surface area contributed by atoms with Gasteiger partial charge in [-0.2, -0.15) is 0 Å². The average Bonchev–Trinajstić information content (AvgIpc) is 2.62. The molecule has 4 heteroatoms. The van der Waals surface area contributed by atoms with Crippen molar-refractivity contribution in [3.05, 3.63) is 12.2 Å². The Morgan fingerprint density at radius 3 is 1.46 bits per heavy atom. The largest absolute Gasteiger partial charge is 0.694 e. The highest BCUT2D eigenvalue weighted by molar-refractivity contribution is 7.32. The molecule has 0 aliphatic rings. The highest BCUT2D eigenvalue weighted by Gasteiger charge is 2.09. The van der Waals surface area contributed by atoms with Gasteiger partial charge in [0.1, 0.15) is 6.61 Å². The van der Waals surface area contributed by atoms with Gasteiger partial charge in [0, 0.05) is 4.57 Å². The van der Waals surface area contributed by atoms with Gasteiger partial charge >= 0.3 is 8.25 Å². The first-order chi connectivity index (χ1) is 12.8. The number of hydrogen-bond donors (Lipinski definition) is 1. The summed E-state index contributed by atoms with van der Waals surface area (Å²) in [5.41, 5.74) is 0. The van der Waals surface area contributed by atoms with Crippen molar-refractivity contribution in [1.82, 2.24) is 0 Å². The van der Waals surface area contributed by atoms with Gasteiger partial charge in [0.25, 0.3) is 0 Å². The van der Waals surface area contributed by atoms with Gasteiger partial charge in [-0.25, -0.2) is 0 Å². The van der Waals surface area contributed by atoms with Gasteiger partial charge in [-0.05, 0) is 32.1 Å². The topological polar surface area (TPSA) is 46.5 Å². The van der Waals surface area contributed by atoms with E-state index in [2.05, 4.69) is 23.6 Å². The third kappa shape index (κ3) is 23.8. The zero-order valence-corrected chi connectivity index (χ0v) is 18.2. The molecular formula is C22H44O3P+. The molecule has 0 aromatic rings. The van der Waals surface area contributed by atoms with Gasteiger partial charge in [-0.3, -0.25) is 0 Å². The molecule has 1 atom stereocenters. The van der Waals surface area contributed by atoms with Gasteiger partial charge < -0.3 is 0 Å². The number of allylic oxidation sites excluding steroid dienone is 2. The Balaban J connectivity index is 3.06. The molecule has 26 heavy (non-hydrogen) atoms. The monoisotopic (exact) mass is 387 g/mol.